The normalized spacial score (nSPS) is 16.4. The topological polar surface area (TPSA) is 92.4 Å². The van der Waals surface area contributed by atoms with E-state index in [9.17, 15) is 14.7 Å². The summed E-state index contributed by atoms with van der Waals surface area (Å²) in [7, 11) is 0. The van der Waals surface area contributed by atoms with Crippen LogP contribution in [0, 0.1) is 0 Å². The van der Waals surface area contributed by atoms with Gasteiger partial charge in [0.15, 0.2) is 5.54 Å². The highest BCUT2D eigenvalue weighted by Gasteiger charge is 2.41. The quantitative estimate of drug-likeness (QED) is 0.835. The van der Waals surface area contributed by atoms with Gasteiger partial charge in [-0.1, -0.05) is 35.8 Å². The molecule has 1 fully saturated rings. The third kappa shape index (κ3) is 3.01. The minimum absolute atomic E-state index is 0.0185. The molecule has 2 aromatic rings. The molecule has 6 nitrogen and oxygen atoms in total. The van der Waals surface area contributed by atoms with E-state index in [2.05, 4.69) is 10.5 Å². The Kier molecular flexibility index (Phi) is 4.32. The maximum absolute atomic E-state index is 12.5. The maximum atomic E-state index is 12.5. The van der Waals surface area contributed by atoms with Gasteiger partial charge in [0.1, 0.15) is 0 Å². The predicted octanol–water partition coefficient (Wildman–Crippen LogP) is 3.33. The van der Waals surface area contributed by atoms with Crippen LogP contribution in [0.5, 0.6) is 0 Å². The van der Waals surface area contributed by atoms with Gasteiger partial charge in [0.05, 0.1) is 5.69 Å². The minimum atomic E-state index is -1.56. The molecule has 3 rings (SSSR count). The highest BCUT2D eigenvalue weighted by Crippen LogP contribution is 2.39. The van der Waals surface area contributed by atoms with Crippen LogP contribution in [0.15, 0.2) is 34.9 Å². The summed E-state index contributed by atoms with van der Waals surface area (Å²) in [6, 6.07) is 7.95. The molecule has 1 aromatic carbocycles. The monoisotopic (exact) mass is 348 g/mol. The summed E-state index contributed by atoms with van der Waals surface area (Å²) < 4.78 is 5.08. The number of nitrogens with zero attached hydrogens (tertiary/aromatic N) is 1. The van der Waals surface area contributed by atoms with E-state index in [1.807, 2.05) is 0 Å². The van der Waals surface area contributed by atoms with E-state index >= 15 is 0 Å². The molecule has 0 bridgehead atoms. The molecule has 1 aromatic heterocycles. The van der Waals surface area contributed by atoms with Crippen molar-refractivity contribution in [3.8, 4) is 0 Å². The summed E-state index contributed by atoms with van der Waals surface area (Å²) in [6.45, 7) is 1.69. The van der Waals surface area contributed by atoms with Crippen LogP contribution in [-0.4, -0.2) is 22.1 Å². The van der Waals surface area contributed by atoms with Gasteiger partial charge in [-0.05, 0) is 37.0 Å². The fourth-order valence-corrected chi connectivity index (χ4v) is 2.78. The first kappa shape index (κ1) is 16.5. The zero-order valence-corrected chi connectivity index (χ0v) is 13.8. The molecule has 24 heavy (non-hydrogen) atoms. The lowest BCUT2D eigenvalue weighted by molar-refractivity contribution is -0.145. The number of amides is 1. The number of benzene rings is 1. The van der Waals surface area contributed by atoms with Gasteiger partial charge in [-0.2, -0.15) is 0 Å². The highest BCUT2D eigenvalue weighted by molar-refractivity contribution is 6.30. The number of hydrogen-bond donors (Lipinski definition) is 2. The Labute approximate surface area is 143 Å². The second-order valence-corrected chi connectivity index (χ2v) is 6.35. The van der Waals surface area contributed by atoms with E-state index in [0.717, 1.165) is 18.5 Å². The van der Waals surface area contributed by atoms with Crippen molar-refractivity contribution in [3.63, 3.8) is 0 Å². The molecular formula is C17H17ClN2O4. The molecule has 0 saturated heterocycles. The SMILES string of the molecule is CCC(NC(=O)c1cc(C2CC2)no1)(C(=O)O)c1ccc(Cl)cc1. The molecular weight excluding hydrogens is 332 g/mol. The van der Waals surface area contributed by atoms with E-state index < -0.39 is 17.4 Å². The summed E-state index contributed by atoms with van der Waals surface area (Å²) >= 11 is 5.87. The van der Waals surface area contributed by atoms with Gasteiger partial charge in [0, 0.05) is 17.0 Å². The van der Waals surface area contributed by atoms with Crippen LogP contribution in [0.1, 0.15) is 53.9 Å². The number of halogens is 1. The molecule has 1 aliphatic rings. The number of carboxylic acid groups (broad SMARTS) is 1. The summed E-state index contributed by atoms with van der Waals surface area (Å²) in [5.41, 5.74) is -0.380. The van der Waals surface area contributed by atoms with Gasteiger partial charge >= 0.3 is 5.97 Å². The van der Waals surface area contributed by atoms with Gasteiger partial charge in [-0.3, -0.25) is 4.79 Å². The van der Waals surface area contributed by atoms with Crippen molar-refractivity contribution in [1.29, 1.82) is 0 Å². The molecule has 1 heterocycles. The number of carboxylic acids is 1. The van der Waals surface area contributed by atoms with E-state index in [4.69, 9.17) is 16.1 Å². The first-order chi connectivity index (χ1) is 11.5. The number of rotatable bonds is 6. The van der Waals surface area contributed by atoms with Crippen molar-refractivity contribution in [2.75, 3.05) is 0 Å². The fraction of sp³-hybridized carbons (Fsp3) is 0.353. The zero-order chi connectivity index (χ0) is 17.3. The van der Waals surface area contributed by atoms with Crippen LogP contribution >= 0.6 is 11.6 Å². The van der Waals surface area contributed by atoms with Crippen LogP contribution in [0.3, 0.4) is 0 Å². The lowest BCUT2D eigenvalue weighted by Crippen LogP contribution is -2.51. The zero-order valence-electron chi connectivity index (χ0n) is 13.1. The predicted molar refractivity (Wildman–Crippen MR) is 87.0 cm³/mol. The van der Waals surface area contributed by atoms with E-state index in [-0.39, 0.29) is 12.2 Å². The van der Waals surface area contributed by atoms with Gasteiger partial charge < -0.3 is 14.9 Å². The molecule has 1 saturated carbocycles. The van der Waals surface area contributed by atoms with Gasteiger partial charge in [-0.25, -0.2) is 4.79 Å². The fourth-order valence-electron chi connectivity index (χ4n) is 2.65. The van der Waals surface area contributed by atoms with Crippen molar-refractivity contribution in [3.05, 3.63) is 52.4 Å². The summed E-state index contributed by atoms with van der Waals surface area (Å²) in [4.78, 5) is 24.4. The van der Waals surface area contributed by atoms with E-state index in [1.165, 1.54) is 0 Å². The lowest BCUT2D eigenvalue weighted by atomic mass is 9.87. The van der Waals surface area contributed by atoms with Gasteiger partial charge in [-0.15, -0.1) is 0 Å². The first-order valence-corrected chi connectivity index (χ1v) is 8.12. The van der Waals surface area contributed by atoms with Gasteiger partial charge in [0.2, 0.25) is 5.76 Å². The maximum Gasteiger partial charge on any atom is 0.334 e. The number of hydrogen-bond acceptors (Lipinski definition) is 4. The summed E-state index contributed by atoms with van der Waals surface area (Å²) in [5, 5.41) is 16.7. The number of carbonyl (C=O) groups is 2. The Morgan fingerprint density at radius 2 is 2.04 bits per heavy atom. The van der Waals surface area contributed by atoms with Crippen LogP contribution < -0.4 is 5.32 Å². The minimum Gasteiger partial charge on any atom is -0.479 e. The van der Waals surface area contributed by atoms with Crippen LogP contribution in [0.25, 0.3) is 0 Å². The Balaban J connectivity index is 1.89. The highest BCUT2D eigenvalue weighted by atomic mass is 35.5. The second-order valence-electron chi connectivity index (χ2n) is 5.92. The third-order valence-corrected chi connectivity index (χ3v) is 4.56. The molecule has 0 radical (unpaired) electrons. The van der Waals surface area contributed by atoms with Gasteiger partial charge in [0.25, 0.3) is 5.91 Å². The van der Waals surface area contributed by atoms with Crippen LogP contribution in [0.2, 0.25) is 5.02 Å². The Morgan fingerprint density at radius 3 is 2.58 bits per heavy atom. The molecule has 1 aliphatic carbocycles. The summed E-state index contributed by atoms with van der Waals surface area (Å²) in [6.07, 6.45) is 2.23. The average Bonchev–Trinajstić information content (AvgIpc) is 3.30. The van der Waals surface area contributed by atoms with E-state index in [0.29, 0.717) is 16.5 Å². The van der Waals surface area contributed by atoms with Crippen LogP contribution in [-0.2, 0) is 10.3 Å². The lowest BCUT2D eigenvalue weighted by Gasteiger charge is -2.29. The Bertz CT molecular complexity index is 767. The molecule has 1 amide bonds. The molecule has 0 spiro atoms. The first-order valence-electron chi connectivity index (χ1n) is 7.75. The van der Waals surface area contributed by atoms with Crippen molar-refractivity contribution in [2.24, 2.45) is 0 Å². The van der Waals surface area contributed by atoms with E-state index in [1.54, 1.807) is 37.3 Å². The molecule has 1 atom stereocenters. The smallest absolute Gasteiger partial charge is 0.334 e. The molecule has 126 valence electrons. The van der Waals surface area contributed by atoms with Crippen molar-refractivity contribution >= 4 is 23.5 Å². The van der Waals surface area contributed by atoms with Crippen molar-refractivity contribution < 1.29 is 19.2 Å². The largest absolute Gasteiger partial charge is 0.479 e. The number of aliphatic carboxylic acids is 1. The average molecular weight is 349 g/mol. The third-order valence-electron chi connectivity index (χ3n) is 4.31. The standard InChI is InChI=1S/C17H17ClN2O4/c1-2-17(16(22)23,11-5-7-12(18)8-6-11)19-15(21)14-9-13(20-24-14)10-3-4-10/h5-10H,2-4H2,1H3,(H,19,21)(H,22,23). The molecule has 0 aliphatic heterocycles. The number of nitrogens with one attached hydrogen (secondary N) is 1. The second kappa shape index (κ2) is 6.28. The molecule has 7 heteroatoms. The Hall–Kier alpha value is -2.34. The van der Waals surface area contributed by atoms with Crippen LogP contribution in [0.4, 0.5) is 0 Å². The number of aromatic nitrogens is 1. The van der Waals surface area contributed by atoms with Crippen molar-refractivity contribution in [2.45, 2.75) is 37.6 Å². The summed E-state index contributed by atoms with van der Waals surface area (Å²) in [5.74, 6) is -1.39. The number of carbonyl (C=O) groups excluding carboxylic acids is 1. The molecule has 2 N–H and O–H groups in total. The Morgan fingerprint density at radius 1 is 1.38 bits per heavy atom. The van der Waals surface area contributed by atoms with Crippen molar-refractivity contribution in [1.82, 2.24) is 10.5 Å². The molecule has 1 unspecified atom stereocenters.